The molecule has 43 heavy (non-hydrogen) atoms. The van der Waals surface area contributed by atoms with E-state index in [9.17, 15) is 30.0 Å². The molecule has 0 amide bonds. The van der Waals surface area contributed by atoms with Crippen LogP contribution in [0.3, 0.4) is 0 Å². The molecule has 0 fully saturated rings. The van der Waals surface area contributed by atoms with Gasteiger partial charge in [0.25, 0.3) is 0 Å². The van der Waals surface area contributed by atoms with Crippen molar-refractivity contribution in [3.63, 3.8) is 0 Å². The van der Waals surface area contributed by atoms with Gasteiger partial charge < -0.3 is 25.2 Å². The number of phenolic OH excluding ortho intramolecular Hbond substituents is 4. The topological polar surface area (TPSA) is 124 Å². The predicted molar refractivity (Wildman–Crippen MR) is 162 cm³/mol. The van der Waals surface area contributed by atoms with Gasteiger partial charge in [0.05, 0.1) is 11.1 Å². The van der Waals surface area contributed by atoms with E-state index in [1.165, 1.54) is 42.5 Å². The van der Waals surface area contributed by atoms with Gasteiger partial charge in [-0.15, -0.1) is 0 Å². The van der Waals surface area contributed by atoms with Gasteiger partial charge in [-0.3, -0.25) is 9.59 Å². The second kappa shape index (κ2) is 11.1. The molecule has 7 heteroatoms. The molecule has 6 aromatic rings. The van der Waals surface area contributed by atoms with E-state index < -0.39 is 11.6 Å². The van der Waals surface area contributed by atoms with Gasteiger partial charge in [-0.25, -0.2) is 0 Å². The molecule has 0 saturated carbocycles. The largest absolute Gasteiger partial charge is 0.508 e. The van der Waals surface area contributed by atoms with Crippen LogP contribution in [0.15, 0.2) is 121 Å². The summed E-state index contributed by atoms with van der Waals surface area (Å²) in [4.78, 5) is 26.9. The molecule has 6 rings (SSSR count). The van der Waals surface area contributed by atoms with E-state index in [2.05, 4.69) is 0 Å². The minimum atomic E-state index is -0.474. The van der Waals surface area contributed by atoms with Gasteiger partial charge in [0.1, 0.15) is 34.5 Å². The summed E-state index contributed by atoms with van der Waals surface area (Å²) in [5, 5.41) is 41.9. The average molecular weight is 569 g/mol. The Hall–Kier alpha value is -6.08. The summed E-state index contributed by atoms with van der Waals surface area (Å²) in [7, 11) is 0. The van der Waals surface area contributed by atoms with Crippen LogP contribution < -0.4 is 4.74 Å². The summed E-state index contributed by atoms with van der Waals surface area (Å²) in [6.45, 7) is 0. The number of rotatable bonds is 7. The molecule has 0 atom stereocenters. The van der Waals surface area contributed by atoms with Gasteiger partial charge in [-0.1, -0.05) is 42.5 Å². The van der Waals surface area contributed by atoms with Crippen LogP contribution >= 0.6 is 0 Å². The Balaban J connectivity index is 1.30. The van der Waals surface area contributed by atoms with Crippen molar-refractivity contribution in [2.45, 2.75) is 0 Å². The Morgan fingerprint density at radius 2 is 1.00 bits per heavy atom. The summed E-state index contributed by atoms with van der Waals surface area (Å²) in [6, 6.07) is 31.7. The minimum absolute atomic E-state index is 0.00496. The lowest BCUT2D eigenvalue weighted by molar-refractivity contribution is 0.102. The van der Waals surface area contributed by atoms with Crippen molar-refractivity contribution in [2.75, 3.05) is 0 Å². The van der Waals surface area contributed by atoms with Crippen molar-refractivity contribution >= 4 is 22.3 Å². The number of aromatic hydroxyl groups is 4. The van der Waals surface area contributed by atoms with Gasteiger partial charge in [0.15, 0.2) is 11.6 Å². The average Bonchev–Trinajstić information content (AvgIpc) is 3.02. The number of ketones is 2. The lowest BCUT2D eigenvalue weighted by Crippen LogP contribution is -2.06. The molecule has 210 valence electrons. The van der Waals surface area contributed by atoms with Crippen molar-refractivity contribution in [3.8, 4) is 45.6 Å². The van der Waals surface area contributed by atoms with Gasteiger partial charge in [-0.05, 0) is 95.2 Å². The van der Waals surface area contributed by atoms with Crippen LogP contribution in [0.2, 0.25) is 0 Å². The van der Waals surface area contributed by atoms with Crippen molar-refractivity contribution in [1.29, 1.82) is 0 Å². The van der Waals surface area contributed by atoms with E-state index in [1.54, 1.807) is 78.9 Å². The monoisotopic (exact) mass is 568 g/mol. The smallest absolute Gasteiger partial charge is 0.197 e. The molecule has 0 unspecified atom stereocenters. The zero-order valence-electron chi connectivity index (χ0n) is 22.6. The first-order chi connectivity index (χ1) is 20.8. The van der Waals surface area contributed by atoms with E-state index >= 15 is 0 Å². The molecular formula is C36H24O7. The second-order valence-corrected chi connectivity index (χ2v) is 9.89. The van der Waals surface area contributed by atoms with Crippen molar-refractivity contribution in [1.82, 2.24) is 0 Å². The highest BCUT2D eigenvalue weighted by atomic mass is 16.5. The zero-order valence-corrected chi connectivity index (χ0v) is 22.6. The molecule has 0 aliphatic carbocycles. The molecule has 0 aliphatic rings. The fourth-order valence-corrected chi connectivity index (χ4v) is 5.00. The lowest BCUT2D eigenvalue weighted by Gasteiger charge is -2.13. The van der Waals surface area contributed by atoms with E-state index in [1.807, 2.05) is 0 Å². The van der Waals surface area contributed by atoms with E-state index in [0.29, 0.717) is 39.0 Å². The Kier molecular flexibility index (Phi) is 6.97. The van der Waals surface area contributed by atoms with Crippen LogP contribution in [0.1, 0.15) is 31.8 Å². The molecule has 0 spiro atoms. The highest BCUT2D eigenvalue weighted by molar-refractivity contribution is 6.23. The molecule has 0 bridgehead atoms. The fraction of sp³-hybridized carbons (Fsp3) is 0. The molecular weight excluding hydrogens is 544 g/mol. The summed E-state index contributed by atoms with van der Waals surface area (Å²) >= 11 is 0. The highest BCUT2D eigenvalue weighted by Gasteiger charge is 2.23. The van der Waals surface area contributed by atoms with Crippen LogP contribution in [0.5, 0.6) is 34.5 Å². The number of phenols is 4. The number of fused-ring (bicyclic) bond motifs is 1. The molecule has 4 N–H and O–H groups in total. The fourth-order valence-electron chi connectivity index (χ4n) is 5.00. The number of carbonyl (C=O) groups excluding carboxylic acids is 2. The van der Waals surface area contributed by atoms with Crippen molar-refractivity contribution < 1.29 is 34.8 Å². The maximum absolute atomic E-state index is 13.7. The first-order valence-electron chi connectivity index (χ1n) is 13.3. The predicted octanol–water partition coefficient (Wildman–Crippen LogP) is 7.58. The van der Waals surface area contributed by atoms with Crippen molar-refractivity contribution in [2.24, 2.45) is 0 Å². The lowest BCUT2D eigenvalue weighted by atomic mass is 9.91. The number of hydrogen-bond donors (Lipinski definition) is 4. The Morgan fingerprint density at radius 3 is 1.58 bits per heavy atom. The van der Waals surface area contributed by atoms with Crippen LogP contribution in [-0.2, 0) is 0 Å². The van der Waals surface area contributed by atoms with Gasteiger partial charge in [0.2, 0.25) is 0 Å². The molecule has 0 aromatic heterocycles. The van der Waals surface area contributed by atoms with Crippen LogP contribution in [0.25, 0.3) is 21.9 Å². The Bertz CT molecular complexity index is 2000. The number of hydrogen-bond acceptors (Lipinski definition) is 7. The Morgan fingerprint density at radius 1 is 0.488 bits per heavy atom. The standard InChI is InChI=1S/C36H24O7/c37-24-10-6-21(7-11-24)29-20-26(14-17-30(29)38)43-25-12-8-23(9-13-25)36(42)34-28-16-18-31(39)33(27(28)15-19-32(34)40)35(41)22-4-2-1-3-5-22/h1-20,37-40H. The summed E-state index contributed by atoms with van der Waals surface area (Å²) in [5.41, 5.74) is 1.91. The van der Waals surface area contributed by atoms with Gasteiger partial charge in [0, 0.05) is 16.7 Å². The molecule has 0 heterocycles. The van der Waals surface area contributed by atoms with Crippen LogP contribution in [0.4, 0.5) is 0 Å². The summed E-state index contributed by atoms with van der Waals surface area (Å²) in [5.74, 6) is -0.321. The quantitative estimate of drug-likeness (QED) is 0.146. The number of ether oxygens (including phenoxy) is 1. The first-order valence-corrected chi connectivity index (χ1v) is 13.3. The molecule has 0 aliphatic heterocycles. The van der Waals surface area contributed by atoms with Gasteiger partial charge >= 0.3 is 0 Å². The number of carbonyl (C=O) groups is 2. The second-order valence-electron chi connectivity index (χ2n) is 9.89. The maximum atomic E-state index is 13.7. The Labute approximate surface area is 246 Å². The van der Waals surface area contributed by atoms with Crippen molar-refractivity contribution in [3.05, 3.63) is 144 Å². The SMILES string of the molecule is O=C(c1ccccc1)c1c(O)ccc2c(C(=O)c3ccc(Oc4ccc(O)c(-c5ccc(O)cc5)c4)cc3)c(O)ccc12. The maximum Gasteiger partial charge on any atom is 0.197 e. The van der Waals surface area contributed by atoms with Gasteiger partial charge in [-0.2, -0.15) is 0 Å². The highest BCUT2D eigenvalue weighted by Crippen LogP contribution is 2.37. The third-order valence-corrected chi connectivity index (χ3v) is 7.15. The molecule has 0 saturated heterocycles. The summed E-state index contributed by atoms with van der Waals surface area (Å²) in [6.07, 6.45) is 0. The van der Waals surface area contributed by atoms with E-state index in [-0.39, 0.29) is 39.7 Å². The number of benzene rings is 6. The summed E-state index contributed by atoms with van der Waals surface area (Å²) < 4.78 is 5.96. The van der Waals surface area contributed by atoms with Crippen LogP contribution in [0, 0.1) is 0 Å². The molecule has 6 aromatic carbocycles. The minimum Gasteiger partial charge on any atom is -0.508 e. The van der Waals surface area contributed by atoms with E-state index in [4.69, 9.17) is 4.74 Å². The molecule has 0 radical (unpaired) electrons. The zero-order chi connectivity index (χ0) is 30.1. The van der Waals surface area contributed by atoms with Crippen LogP contribution in [-0.4, -0.2) is 32.0 Å². The third kappa shape index (κ3) is 5.23. The third-order valence-electron chi connectivity index (χ3n) is 7.15. The molecule has 7 nitrogen and oxygen atoms in total. The normalized spacial score (nSPS) is 10.9. The van der Waals surface area contributed by atoms with E-state index in [0.717, 1.165) is 0 Å². The first kappa shape index (κ1) is 27.1.